The van der Waals surface area contributed by atoms with Crippen molar-refractivity contribution in [1.29, 1.82) is 0 Å². The summed E-state index contributed by atoms with van der Waals surface area (Å²) in [4.78, 5) is 12.7. The fourth-order valence-electron chi connectivity index (χ4n) is 2.86. The molecule has 0 saturated carbocycles. The van der Waals surface area contributed by atoms with Gasteiger partial charge >= 0.3 is 0 Å². The molecule has 0 aliphatic carbocycles. The molecule has 1 amide bonds. The number of methoxy groups -OCH3 is 2. The smallest absolute Gasteiger partial charge is 0.256 e. The van der Waals surface area contributed by atoms with Crippen LogP contribution in [0.1, 0.15) is 27.2 Å². The number of ether oxygens (including phenoxy) is 2. The molecule has 0 radical (unpaired) electrons. The summed E-state index contributed by atoms with van der Waals surface area (Å²) in [5.74, 6) is 1.01. The van der Waals surface area contributed by atoms with E-state index >= 15 is 0 Å². The van der Waals surface area contributed by atoms with Gasteiger partial charge in [0.25, 0.3) is 5.91 Å². The van der Waals surface area contributed by atoms with Gasteiger partial charge in [0.05, 0.1) is 7.11 Å². The van der Waals surface area contributed by atoms with E-state index < -0.39 is 5.60 Å². The zero-order chi connectivity index (χ0) is 17.0. The molecule has 0 unspecified atom stereocenters. The molecule has 2 rings (SSSR count). The van der Waals surface area contributed by atoms with Gasteiger partial charge in [-0.1, -0.05) is 38.1 Å². The number of carbonyl (C=O) groups excluding carboxylic acids is 1. The van der Waals surface area contributed by atoms with Gasteiger partial charge < -0.3 is 14.8 Å². The number of anilines is 1. The zero-order valence-electron chi connectivity index (χ0n) is 14.5. The molecule has 124 valence electrons. The van der Waals surface area contributed by atoms with E-state index in [1.165, 1.54) is 0 Å². The molecule has 0 aliphatic rings. The monoisotopic (exact) mass is 315 g/mol. The number of fused-ring (bicyclic) bond motifs is 1. The predicted molar refractivity (Wildman–Crippen MR) is 94.0 cm³/mol. The summed E-state index contributed by atoms with van der Waals surface area (Å²) in [5.41, 5.74) is -0.0895. The molecule has 0 fully saturated rings. The summed E-state index contributed by atoms with van der Waals surface area (Å²) in [6, 6.07) is 11.6. The average Bonchev–Trinajstić information content (AvgIpc) is 2.54. The van der Waals surface area contributed by atoms with Crippen LogP contribution in [0.3, 0.4) is 0 Å². The Labute approximate surface area is 137 Å². The number of hydrogen-bond donors (Lipinski definition) is 1. The maximum absolute atomic E-state index is 12.7. The second-order valence-electron chi connectivity index (χ2n) is 6.35. The first kappa shape index (κ1) is 17.3. The quantitative estimate of drug-likeness (QED) is 0.867. The van der Waals surface area contributed by atoms with Gasteiger partial charge in [-0.15, -0.1) is 0 Å². The van der Waals surface area contributed by atoms with Gasteiger partial charge in [0.15, 0.2) is 0 Å². The van der Waals surface area contributed by atoms with E-state index in [0.717, 1.165) is 22.2 Å². The molecule has 4 nitrogen and oxygen atoms in total. The third-order valence-electron chi connectivity index (χ3n) is 4.08. The Morgan fingerprint density at radius 1 is 1.13 bits per heavy atom. The highest BCUT2D eigenvalue weighted by molar-refractivity contribution is 6.06. The van der Waals surface area contributed by atoms with E-state index in [4.69, 9.17) is 9.47 Å². The fraction of sp³-hybridized carbons (Fsp3) is 0.421. The Balaban J connectivity index is 2.37. The lowest BCUT2D eigenvalue weighted by Gasteiger charge is -2.28. The molecule has 1 N–H and O–H groups in total. The first-order valence-corrected chi connectivity index (χ1v) is 7.83. The number of amides is 1. The van der Waals surface area contributed by atoms with Crippen molar-refractivity contribution in [3.05, 3.63) is 36.4 Å². The van der Waals surface area contributed by atoms with Crippen LogP contribution >= 0.6 is 0 Å². The van der Waals surface area contributed by atoms with Crippen LogP contribution in [0.15, 0.2) is 36.4 Å². The number of rotatable bonds is 6. The maximum atomic E-state index is 12.7. The van der Waals surface area contributed by atoms with E-state index in [1.807, 2.05) is 43.3 Å². The largest absolute Gasteiger partial charge is 0.496 e. The van der Waals surface area contributed by atoms with Crippen LogP contribution in [0.2, 0.25) is 0 Å². The minimum absolute atomic E-state index is 0.135. The average molecular weight is 315 g/mol. The number of benzene rings is 2. The topological polar surface area (TPSA) is 47.6 Å². The standard InChI is InChI=1S/C19H25NO3/c1-13(2)12-19(3,23-5)18(21)20-16-10-11-17(22-4)15-9-7-6-8-14(15)16/h6-11,13H,12H2,1-5H3,(H,20,21)/t19-/m1/s1. The Morgan fingerprint density at radius 3 is 2.35 bits per heavy atom. The first-order valence-electron chi connectivity index (χ1n) is 7.83. The first-order chi connectivity index (χ1) is 10.9. The lowest BCUT2D eigenvalue weighted by Crippen LogP contribution is -2.43. The number of hydrogen-bond acceptors (Lipinski definition) is 3. The maximum Gasteiger partial charge on any atom is 0.256 e. The van der Waals surface area contributed by atoms with Gasteiger partial charge in [-0.05, 0) is 31.4 Å². The zero-order valence-corrected chi connectivity index (χ0v) is 14.5. The Morgan fingerprint density at radius 2 is 1.78 bits per heavy atom. The molecular weight excluding hydrogens is 290 g/mol. The van der Waals surface area contributed by atoms with Crippen molar-refractivity contribution in [1.82, 2.24) is 0 Å². The molecule has 23 heavy (non-hydrogen) atoms. The van der Waals surface area contributed by atoms with Crippen molar-refractivity contribution in [2.45, 2.75) is 32.8 Å². The van der Waals surface area contributed by atoms with Crippen molar-refractivity contribution in [3.63, 3.8) is 0 Å². The minimum atomic E-state index is -0.852. The van der Waals surface area contributed by atoms with Crippen LogP contribution in [0, 0.1) is 5.92 Å². The van der Waals surface area contributed by atoms with Crippen LogP contribution in [0.5, 0.6) is 5.75 Å². The predicted octanol–water partition coefficient (Wildman–Crippen LogP) is 4.24. The Bertz CT molecular complexity index is 696. The van der Waals surface area contributed by atoms with Crippen molar-refractivity contribution >= 4 is 22.4 Å². The summed E-state index contributed by atoms with van der Waals surface area (Å²) in [6.45, 7) is 5.98. The molecule has 0 saturated heterocycles. The highest BCUT2D eigenvalue weighted by Gasteiger charge is 2.34. The van der Waals surface area contributed by atoms with Crippen molar-refractivity contribution in [2.24, 2.45) is 5.92 Å². The molecule has 0 aromatic heterocycles. The summed E-state index contributed by atoms with van der Waals surface area (Å²) in [5, 5.41) is 4.93. The molecule has 4 heteroatoms. The van der Waals surface area contributed by atoms with Crippen molar-refractivity contribution in [2.75, 3.05) is 19.5 Å². The van der Waals surface area contributed by atoms with E-state index in [1.54, 1.807) is 14.2 Å². The van der Waals surface area contributed by atoms with E-state index in [2.05, 4.69) is 19.2 Å². The molecule has 0 bridgehead atoms. The second kappa shape index (κ2) is 7.01. The number of carbonyl (C=O) groups is 1. The molecule has 2 aromatic rings. The number of nitrogens with one attached hydrogen (secondary N) is 1. The third-order valence-corrected chi connectivity index (χ3v) is 4.08. The van der Waals surface area contributed by atoms with Gasteiger partial charge in [0.2, 0.25) is 0 Å². The Hall–Kier alpha value is -2.07. The van der Waals surface area contributed by atoms with Gasteiger partial charge in [-0.3, -0.25) is 4.79 Å². The molecule has 0 aliphatic heterocycles. The van der Waals surface area contributed by atoms with E-state index in [9.17, 15) is 4.79 Å². The highest BCUT2D eigenvalue weighted by Crippen LogP contribution is 2.32. The lowest BCUT2D eigenvalue weighted by molar-refractivity contribution is -0.137. The molecule has 0 heterocycles. The summed E-state index contributed by atoms with van der Waals surface area (Å²) < 4.78 is 10.9. The van der Waals surface area contributed by atoms with E-state index in [-0.39, 0.29) is 5.91 Å². The SMILES string of the molecule is COc1ccc(NC(=O)[C@@](C)(CC(C)C)OC)c2ccccc12. The molecule has 2 aromatic carbocycles. The van der Waals surface area contributed by atoms with Crippen LogP contribution in [0.25, 0.3) is 10.8 Å². The van der Waals surface area contributed by atoms with Crippen molar-refractivity contribution in [3.8, 4) is 5.75 Å². The highest BCUT2D eigenvalue weighted by atomic mass is 16.5. The van der Waals surface area contributed by atoms with Gasteiger partial charge in [0, 0.05) is 23.6 Å². The molecule has 0 spiro atoms. The van der Waals surface area contributed by atoms with Crippen LogP contribution in [-0.4, -0.2) is 25.7 Å². The lowest BCUT2D eigenvalue weighted by atomic mass is 9.93. The molecular formula is C19H25NO3. The fourth-order valence-corrected chi connectivity index (χ4v) is 2.86. The summed E-state index contributed by atoms with van der Waals surface area (Å²) in [6.07, 6.45) is 0.656. The summed E-state index contributed by atoms with van der Waals surface area (Å²) >= 11 is 0. The van der Waals surface area contributed by atoms with Crippen LogP contribution in [0.4, 0.5) is 5.69 Å². The summed E-state index contributed by atoms with van der Waals surface area (Å²) in [7, 11) is 3.22. The van der Waals surface area contributed by atoms with Crippen molar-refractivity contribution < 1.29 is 14.3 Å². The van der Waals surface area contributed by atoms with E-state index in [0.29, 0.717) is 12.3 Å². The Kier molecular flexibility index (Phi) is 5.26. The molecule has 1 atom stereocenters. The van der Waals surface area contributed by atoms with Crippen LogP contribution in [-0.2, 0) is 9.53 Å². The minimum Gasteiger partial charge on any atom is -0.496 e. The van der Waals surface area contributed by atoms with Gasteiger partial charge in [0.1, 0.15) is 11.4 Å². The van der Waals surface area contributed by atoms with Gasteiger partial charge in [-0.2, -0.15) is 0 Å². The van der Waals surface area contributed by atoms with Gasteiger partial charge in [-0.25, -0.2) is 0 Å². The van der Waals surface area contributed by atoms with Crippen LogP contribution < -0.4 is 10.1 Å². The normalized spacial score (nSPS) is 13.8. The third kappa shape index (κ3) is 3.64. The second-order valence-corrected chi connectivity index (χ2v) is 6.35.